The smallest absolute Gasteiger partial charge is 0.0929 e. The summed E-state index contributed by atoms with van der Waals surface area (Å²) in [5.41, 5.74) is 0.695. The zero-order valence-corrected chi connectivity index (χ0v) is 12.7. The van der Waals surface area contributed by atoms with Crippen LogP contribution in [0.25, 0.3) is 0 Å². The molecule has 1 saturated carbocycles. The molecule has 2 N–H and O–H groups in total. The first-order valence-corrected chi connectivity index (χ1v) is 7.67. The normalized spacial score (nSPS) is 24.6. The maximum atomic E-state index is 10.2. The minimum atomic E-state index is -0.608. The molecule has 3 unspecified atom stereocenters. The second-order valence-electron chi connectivity index (χ2n) is 5.51. The highest BCUT2D eigenvalue weighted by atomic mass is 35.5. The maximum Gasteiger partial charge on any atom is 0.0929 e. The molecule has 0 aromatic heterocycles. The molecule has 1 aromatic rings. The summed E-state index contributed by atoms with van der Waals surface area (Å²) in [7, 11) is 0. The second kappa shape index (κ2) is 6.94. The van der Waals surface area contributed by atoms with Crippen LogP contribution in [0.3, 0.4) is 0 Å². The van der Waals surface area contributed by atoms with Crippen LogP contribution in [-0.4, -0.2) is 18.2 Å². The second-order valence-corrected chi connectivity index (χ2v) is 6.35. The van der Waals surface area contributed by atoms with Gasteiger partial charge in [0, 0.05) is 22.2 Å². The first kappa shape index (κ1) is 15.1. The predicted molar refractivity (Wildman–Crippen MR) is 80.8 cm³/mol. The van der Waals surface area contributed by atoms with Gasteiger partial charge in [-0.25, -0.2) is 0 Å². The molecule has 1 fully saturated rings. The fourth-order valence-electron chi connectivity index (χ4n) is 2.81. The Morgan fingerprint density at radius 3 is 2.84 bits per heavy atom. The number of nitrogens with one attached hydrogen (secondary N) is 1. The summed E-state index contributed by atoms with van der Waals surface area (Å²) in [5.74, 6) is 1.53. The molecule has 1 aliphatic rings. The highest BCUT2D eigenvalue weighted by Crippen LogP contribution is 2.30. The number of hydrogen-bond donors (Lipinski definition) is 2. The molecular weight excluding hydrogens is 281 g/mol. The van der Waals surface area contributed by atoms with Gasteiger partial charge >= 0.3 is 0 Å². The van der Waals surface area contributed by atoms with E-state index in [1.54, 1.807) is 18.2 Å². The molecule has 0 bridgehead atoms. The number of halogens is 2. The van der Waals surface area contributed by atoms with Gasteiger partial charge in [0.1, 0.15) is 0 Å². The Labute approximate surface area is 125 Å². The SMILES string of the molecule is CC1CCCC1CNCC(O)c1cc(Cl)ccc1Cl. The van der Waals surface area contributed by atoms with Gasteiger partial charge in [0.2, 0.25) is 0 Å². The Morgan fingerprint density at radius 1 is 1.37 bits per heavy atom. The van der Waals surface area contributed by atoms with E-state index in [1.807, 2.05) is 0 Å². The van der Waals surface area contributed by atoms with Gasteiger partial charge in [0.05, 0.1) is 6.10 Å². The van der Waals surface area contributed by atoms with Gasteiger partial charge in [-0.3, -0.25) is 0 Å². The quantitative estimate of drug-likeness (QED) is 0.860. The third kappa shape index (κ3) is 4.09. The van der Waals surface area contributed by atoms with Gasteiger partial charge in [-0.1, -0.05) is 43.0 Å². The van der Waals surface area contributed by atoms with Crippen LogP contribution in [0.4, 0.5) is 0 Å². The molecule has 19 heavy (non-hydrogen) atoms. The molecule has 0 aliphatic heterocycles. The van der Waals surface area contributed by atoms with Crippen LogP contribution >= 0.6 is 23.2 Å². The van der Waals surface area contributed by atoms with Gasteiger partial charge in [0.25, 0.3) is 0 Å². The lowest BCUT2D eigenvalue weighted by Crippen LogP contribution is -2.28. The molecule has 1 aliphatic carbocycles. The lowest BCUT2D eigenvalue weighted by molar-refractivity contribution is 0.171. The minimum absolute atomic E-state index is 0.517. The molecular formula is C15H21Cl2NO. The van der Waals surface area contributed by atoms with Crippen LogP contribution in [0.2, 0.25) is 10.0 Å². The molecule has 2 nitrogen and oxygen atoms in total. The molecule has 2 rings (SSSR count). The van der Waals surface area contributed by atoms with Crippen LogP contribution in [-0.2, 0) is 0 Å². The van der Waals surface area contributed by atoms with Crippen LogP contribution in [0.5, 0.6) is 0 Å². The third-order valence-electron chi connectivity index (χ3n) is 4.10. The van der Waals surface area contributed by atoms with Gasteiger partial charge < -0.3 is 10.4 Å². The van der Waals surface area contributed by atoms with E-state index in [-0.39, 0.29) is 0 Å². The molecule has 0 amide bonds. The van der Waals surface area contributed by atoms with E-state index in [2.05, 4.69) is 12.2 Å². The van der Waals surface area contributed by atoms with E-state index >= 15 is 0 Å². The molecule has 0 heterocycles. The van der Waals surface area contributed by atoms with E-state index in [0.29, 0.717) is 22.2 Å². The Balaban J connectivity index is 1.83. The molecule has 4 heteroatoms. The van der Waals surface area contributed by atoms with Crippen molar-refractivity contribution in [2.45, 2.75) is 32.3 Å². The van der Waals surface area contributed by atoms with Crippen molar-refractivity contribution in [2.24, 2.45) is 11.8 Å². The molecule has 0 saturated heterocycles. The lowest BCUT2D eigenvalue weighted by atomic mass is 9.98. The number of benzene rings is 1. The summed E-state index contributed by atoms with van der Waals surface area (Å²) < 4.78 is 0. The van der Waals surface area contributed by atoms with Crippen molar-refractivity contribution in [1.29, 1.82) is 0 Å². The molecule has 3 atom stereocenters. The van der Waals surface area contributed by atoms with E-state index in [4.69, 9.17) is 23.2 Å². The van der Waals surface area contributed by atoms with E-state index in [1.165, 1.54) is 19.3 Å². The monoisotopic (exact) mass is 301 g/mol. The minimum Gasteiger partial charge on any atom is -0.387 e. The van der Waals surface area contributed by atoms with Gasteiger partial charge in [-0.15, -0.1) is 0 Å². The molecule has 0 radical (unpaired) electrons. The Kier molecular flexibility index (Phi) is 5.52. The van der Waals surface area contributed by atoms with Crippen molar-refractivity contribution >= 4 is 23.2 Å². The van der Waals surface area contributed by atoms with Crippen LogP contribution in [0.1, 0.15) is 37.9 Å². The molecule has 0 spiro atoms. The topological polar surface area (TPSA) is 32.3 Å². The first-order chi connectivity index (χ1) is 9.08. The number of rotatable bonds is 5. The summed E-state index contributed by atoms with van der Waals surface area (Å²) in [6.45, 7) is 3.79. The molecule has 106 valence electrons. The predicted octanol–water partition coefficient (Wildman–Crippen LogP) is 4.05. The van der Waals surface area contributed by atoms with Crippen LogP contribution in [0.15, 0.2) is 18.2 Å². The number of aliphatic hydroxyl groups is 1. The number of aliphatic hydroxyl groups excluding tert-OH is 1. The molecule has 1 aromatic carbocycles. The summed E-state index contributed by atoms with van der Waals surface area (Å²) in [6.07, 6.45) is 3.34. The van der Waals surface area contributed by atoms with Crippen molar-refractivity contribution in [1.82, 2.24) is 5.32 Å². The average Bonchev–Trinajstić information content (AvgIpc) is 2.78. The highest BCUT2D eigenvalue weighted by molar-refractivity contribution is 6.33. The number of hydrogen-bond acceptors (Lipinski definition) is 2. The van der Waals surface area contributed by atoms with Crippen molar-refractivity contribution in [3.8, 4) is 0 Å². The van der Waals surface area contributed by atoms with Crippen molar-refractivity contribution in [2.75, 3.05) is 13.1 Å². The Bertz CT molecular complexity index is 425. The van der Waals surface area contributed by atoms with Crippen LogP contribution in [0, 0.1) is 11.8 Å². The van der Waals surface area contributed by atoms with Gasteiger partial charge in [-0.2, -0.15) is 0 Å². The summed E-state index contributed by atoms with van der Waals surface area (Å²) in [6, 6.07) is 5.18. The van der Waals surface area contributed by atoms with Gasteiger partial charge in [-0.05, 0) is 43.0 Å². The van der Waals surface area contributed by atoms with Crippen molar-refractivity contribution < 1.29 is 5.11 Å². The lowest BCUT2D eigenvalue weighted by Gasteiger charge is -2.18. The summed E-state index contributed by atoms with van der Waals surface area (Å²) in [4.78, 5) is 0. The van der Waals surface area contributed by atoms with Crippen molar-refractivity contribution in [3.05, 3.63) is 33.8 Å². The highest BCUT2D eigenvalue weighted by Gasteiger charge is 2.23. The maximum absolute atomic E-state index is 10.2. The van der Waals surface area contributed by atoms with Gasteiger partial charge in [0.15, 0.2) is 0 Å². The first-order valence-electron chi connectivity index (χ1n) is 6.91. The zero-order valence-electron chi connectivity index (χ0n) is 11.2. The Hall–Kier alpha value is -0.280. The van der Waals surface area contributed by atoms with E-state index in [0.717, 1.165) is 18.4 Å². The van der Waals surface area contributed by atoms with Crippen molar-refractivity contribution in [3.63, 3.8) is 0 Å². The average molecular weight is 302 g/mol. The summed E-state index contributed by atoms with van der Waals surface area (Å²) in [5, 5.41) is 14.7. The van der Waals surface area contributed by atoms with E-state index in [9.17, 15) is 5.11 Å². The fourth-order valence-corrected chi connectivity index (χ4v) is 3.23. The largest absolute Gasteiger partial charge is 0.387 e. The van der Waals surface area contributed by atoms with E-state index < -0.39 is 6.10 Å². The van der Waals surface area contributed by atoms with Crippen LogP contribution < -0.4 is 5.32 Å². The standard InChI is InChI=1S/C15H21Cl2NO/c1-10-3-2-4-11(10)8-18-9-15(19)13-7-12(16)5-6-14(13)17/h5-7,10-11,15,18-19H,2-4,8-9H2,1H3. The summed E-state index contributed by atoms with van der Waals surface area (Å²) >= 11 is 12.0. The zero-order chi connectivity index (χ0) is 13.8. The third-order valence-corrected chi connectivity index (χ3v) is 4.68. The fraction of sp³-hybridized carbons (Fsp3) is 0.600. The Morgan fingerprint density at radius 2 is 2.16 bits per heavy atom.